The van der Waals surface area contributed by atoms with Crippen LogP contribution in [0.15, 0.2) is 11.4 Å². The van der Waals surface area contributed by atoms with E-state index in [1.54, 1.807) is 11.3 Å². The predicted octanol–water partition coefficient (Wildman–Crippen LogP) is 1.89. The molecule has 2 amide bonds. The first-order valence-electron chi connectivity index (χ1n) is 6.79. The van der Waals surface area contributed by atoms with E-state index in [-0.39, 0.29) is 19.2 Å². The summed E-state index contributed by atoms with van der Waals surface area (Å²) in [5.41, 5.74) is 1.18. The van der Waals surface area contributed by atoms with Gasteiger partial charge in [-0.3, -0.25) is 0 Å². The summed E-state index contributed by atoms with van der Waals surface area (Å²) in [5, 5.41) is 17.0. The van der Waals surface area contributed by atoms with E-state index < -0.39 is 6.10 Å². The molecule has 0 saturated heterocycles. The quantitative estimate of drug-likeness (QED) is 0.686. The van der Waals surface area contributed by atoms with Gasteiger partial charge in [0.15, 0.2) is 0 Å². The van der Waals surface area contributed by atoms with E-state index in [1.807, 2.05) is 32.2 Å². The summed E-state index contributed by atoms with van der Waals surface area (Å²) in [6.45, 7) is 7.66. The molecule has 114 valence electrons. The Bertz CT molecular complexity index is 407. The lowest BCUT2D eigenvalue weighted by molar-refractivity contribution is 0.0272. The number of hydrogen-bond acceptors (Lipinski definition) is 4. The highest BCUT2D eigenvalue weighted by Crippen LogP contribution is 2.14. The molecule has 0 spiro atoms. The first-order valence-corrected chi connectivity index (χ1v) is 7.67. The molecule has 20 heavy (non-hydrogen) atoms. The summed E-state index contributed by atoms with van der Waals surface area (Å²) in [4.78, 5) is 12.7. The number of thiophene rings is 1. The molecule has 1 aromatic rings. The van der Waals surface area contributed by atoms with Gasteiger partial charge >= 0.3 is 6.03 Å². The molecule has 1 heterocycles. The number of rotatable bonds is 8. The molecular weight excluding hydrogens is 276 g/mol. The van der Waals surface area contributed by atoms with E-state index in [9.17, 15) is 9.90 Å². The van der Waals surface area contributed by atoms with Gasteiger partial charge in [0.05, 0.1) is 19.3 Å². The highest BCUT2D eigenvalue weighted by Gasteiger charge is 2.08. The van der Waals surface area contributed by atoms with Crippen LogP contribution in [0.3, 0.4) is 0 Å². The van der Waals surface area contributed by atoms with E-state index in [0.717, 1.165) is 4.88 Å². The SMILES string of the molecule is Cc1ccsc1CNC(=O)NCC(O)COCC(C)C. The summed E-state index contributed by atoms with van der Waals surface area (Å²) >= 11 is 1.62. The van der Waals surface area contributed by atoms with E-state index >= 15 is 0 Å². The molecule has 0 aliphatic rings. The fraction of sp³-hybridized carbons (Fsp3) is 0.643. The molecule has 1 atom stereocenters. The van der Waals surface area contributed by atoms with Crippen LogP contribution in [0.1, 0.15) is 24.3 Å². The maximum atomic E-state index is 11.6. The minimum absolute atomic E-state index is 0.188. The number of ether oxygens (including phenoxy) is 1. The van der Waals surface area contributed by atoms with Crippen LogP contribution in [0.4, 0.5) is 4.79 Å². The van der Waals surface area contributed by atoms with Crippen LogP contribution in [0.25, 0.3) is 0 Å². The van der Waals surface area contributed by atoms with Crippen molar-refractivity contribution in [1.82, 2.24) is 10.6 Å². The maximum absolute atomic E-state index is 11.6. The maximum Gasteiger partial charge on any atom is 0.315 e. The molecule has 1 aromatic heterocycles. The Kier molecular flexibility index (Phi) is 7.58. The van der Waals surface area contributed by atoms with Gasteiger partial charge in [0.2, 0.25) is 0 Å². The largest absolute Gasteiger partial charge is 0.389 e. The lowest BCUT2D eigenvalue weighted by Gasteiger charge is -2.14. The second kappa shape index (κ2) is 8.94. The Labute approximate surface area is 124 Å². The Balaban J connectivity index is 2.12. The molecule has 1 unspecified atom stereocenters. The number of aliphatic hydroxyl groups excluding tert-OH is 1. The molecule has 5 nitrogen and oxygen atoms in total. The molecule has 0 aliphatic heterocycles. The van der Waals surface area contributed by atoms with Gasteiger partial charge in [-0.05, 0) is 29.9 Å². The predicted molar refractivity (Wildman–Crippen MR) is 81.0 cm³/mol. The standard InChI is InChI=1S/C14H24N2O3S/c1-10(2)8-19-9-12(17)6-15-14(18)16-7-13-11(3)4-5-20-13/h4-5,10,12,17H,6-9H2,1-3H3,(H2,15,16,18). The van der Waals surface area contributed by atoms with Gasteiger partial charge in [-0.1, -0.05) is 13.8 Å². The normalized spacial score (nSPS) is 12.4. The minimum atomic E-state index is -0.678. The Morgan fingerprint density at radius 1 is 1.40 bits per heavy atom. The molecule has 0 bridgehead atoms. The lowest BCUT2D eigenvalue weighted by Crippen LogP contribution is -2.40. The fourth-order valence-corrected chi connectivity index (χ4v) is 2.36. The Hall–Kier alpha value is -1.11. The molecule has 0 saturated carbocycles. The van der Waals surface area contributed by atoms with E-state index in [4.69, 9.17) is 4.74 Å². The van der Waals surface area contributed by atoms with Crippen molar-refractivity contribution < 1.29 is 14.6 Å². The molecule has 0 radical (unpaired) electrons. The smallest absolute Gasteiger partial charge is 0.315 e. The highest BCUT2D eigenvalue weighted by molar-refractivity contribution is 7.10. The zero-order valence-electron chi connectivity index (χ0n) is 12.3. The van der Waals surface area contributed by atoms with Crippen molar-refractivity contribution in [2.45, 2.75) is 33.4 Å². The number of hydrogen-bond donors (Lipinski definition) is 3. The molecular formula is C14H24N2O3S. The number of aryl methyl sites for hydroxylation is 1. The monoisotopic (exact) mass is 300 g/mol. The van der Waals surface area contributed by atoms with Crippen LogP contribution in [0, 0.1) is 12.8 Å². The van der Waals surface area contributed by atoms with E-state index in [1.165, 1.54) is 5.56 Å². The first-order chi connectivity index (χ1) is 9.49. The van der Waals surface area contributed by atoms with Crippen molar-refractivity contribution in [2.75, 3.05) is 19.8 Å². The average Bonchev–Trinajstić information content (AvgIpc) is 2.79. The number of aliphatic hydroxyl groups is 1. The minimum Gasteiger partial charge on any atom is -0.389 e. The van der Waals surface area contributed by atoms with Crippen molar-refractivity contribution in [1.29, 1.82) is 0 Å². The molecule has 3 N–H and O–H groups in total. The molecule has 0 fully saturated rings. The van der Waals surface area contributed by atoms with Crippen LogP contribution in [-0.2, 0) is 11.3 Å². The van der Waals surface area contributed by atoms with Gasteiger partial charge in [0, 0.05) is 18.0 Å². The van der Waals surface area contributed by atoms with Crippen LogP contribution >= 0.6 is 11.3 Å². The summed E-state index contributed by atoms with van der Waals surface area (Å²) in [7, 11) is 0. The number of carbonyl (C=O) groups is 1. The van der Waals surface area contributed by atoms with Crippen LogP contribution in [0.5, 0.6) is 0 Å². The summed E-state index contributed by atoms with van der Waals surface area (Å²) in [6, 6.07) is 1.75. The molecule has 6 heteroatoms. The fourth-order valence-electron chi connectivity index (χ4n) is 1.52. The third kappa shape index (κ3) is 6.88. The summed E-state index contributed by atoms with van der Waals surface area (Å²) in [6.07, 6.45) is -0.678. The highest BCUT2D eigenvalue weighted by atomic mass is 32.1. The number of nitrogens with one attached hydrogen (secondary N) is 2. The van der Waals surface area contributed by atoms with Crippen LogP contribution in [-0.4, -0.2) is 37.0 Å². The zero-order chi connectivity index (χ0) is 15.0. The van der Waals surface area contributed by atoms with Crippen molar-refractivity contribution in [3.05, 3.63) is 21.9 Å². The molecule has 1 rings (SSSR count). The van der Waals surface area contributed by atoms with E-state index in [2.05, 4.69) is 10.6 Å². The van der Waals surface area contributed by atoms with Gasteiger partial charge in [0.1, 0.15) is 0 Å². The Morgan fingerprint density at radius 2 is 2.15 bits per heavy atom. The average molecular weight is 300 g/mol. The summed E-state index contributed by atoms with van der Waals surface area (Å²) in [5.74, 6) is 0.437. The van der Waals surface area contributed by atoms with Crippen LogP contribution in [0.2, 0.25) is 0 Å². The second-order valence-corrected chi connectivity index (χ2v) is 6.18. The number of carbonyl (C=O) groups excluding carboxylic acids is 1. The third-order valence-electron chi connectivity index (χ3n) is 2.64. The zero-order valence-corrected chi connectivity index (χ0v) is 13.1. The van der Waals surface area contributed by atoms with Gasteiger partial charge in [-0.2, -0.15) is 0 Å². The first kappa shape index (κ1) is 16.9. The van der Waals surface area contributed by atoms with Crippen molar-refractivity contribution in [2.24, 2.45) is 5.92 Å². The van der Waals surface area contributed by atoms with Gasteiger partial charge in [0.25, 0.3) is 0 Å². The third-order valence-corrected chi connectivity index (χ3v) is 3.66. The van der Waals surface area contributed by atoms with Crippen molar-refractivity contribution in [3.8, 4) is 0 Å². The Morgan fingerprint density at radius 3 is 2.75 bits per heavy atom. The molecule has 0 aromatic carbocycles. The van der Waals surface area contributed by atoms with Crippen LogP contribution < -0.4 is 10.6 Å². The van der Waals surface area contributed by atoms with Gasteiger partial charge in [-0.15, -0.1) is 11.3 Å². The van der Waals surface area contributed by atoms with Gasteiger partial charge in [-0.25, -0.2) is 4.79 Å². The van der Waals surface area contributed by atoms with Crippen molar-refractivity contribution in [3.63, 3.8) is 0 Å². The molecule has 0 aliphatic carbocycles. The summed E-state index contributed by atoms with van der Waals surface area (Å²) < 4.78 is 5.30. The van der Waals surface area contributed by atoms with Crippen molar-refractivity contribution >= 4 is 17.4 Å². The van der Waals surface area contributed by atoms with E-state index in [0.29, 0.717) is 19.1 Å². The second-order valence-electron chi connectivity index (χ2n) is 5.18. The number of amides is 2. The lowest BCUT2D eigenvalue weighted by atomic mass is 10.2. The number of urea groups is 1. The topological polar surface area (TPSA) is 70.6 Å². The van der Waals surface area contributed by atoms with Gasteiger partial charge < -0.3 is 20.5 Å².